The lowest BCUT2D eigenvalue weighted by Crippen LogP contribution is -2.46. The van der Waals surface area contributed by atoms with E-state index in [4.69, 9.17) is 5.73 Å². The molecule has 3 atom stereocenters. The maximum absolute atomic E-state index is 13.6. The number of amides is 2. The van der Waals surface area contributed by atoms with Crippen molar-refractivity contribution in [2.45, 2.75) is 37.6 Å². The molecule has 0 radical (unpaired) electrons. The van der Waals surface area contributed by atoms with E-state index in [1.54, 1.807) is 23.2 Å². The van der Waals surface area contributed by atoms with Crippen LogP contribution in [0.5, 0.6) is 0 Å². The number of benzene rings is 1. The van der Waals surface area contributed by atoms with E-state index >= 15 is 0 Å². The molecular formula is C24H19BrF3N7O2. The first-order valence-corrected chi connectivity index (χ1v) is 12.2. The van der Waals surface area contributed by atoms with Gasteiger partial charge in [0.15, 0.2) is 0 Å². The number of nitrogen functional groups attached to an aromatic ring is 1. The lowest BCUT2D eigenvalue weighted by molar-refractivity contribution is -0.138. The molecule has 13 heteroatoms. The highest BCUT2D eigenvalue weighted by Gasteiger charge is 2.56. The summed E-state index contributed by atoms with van der Waals surface area (Å²) in [6.07, 6.45) is -0.434. The molecule has 4 aromatic rings. The molecule has 1 aliphatic carbocycles. The summed E-state index contributed by atoms with van der Waals surface area (Å²) in [6, 6.07) is 5.88. The number of nitrogens with zero attached hydrogens (tertiary/aromatic N) is 5. The largest absolute Gasteiger partial charge is 0.416 e. The number of carbonyl (C=O) groups excluding carboxylic acids is 2. The molecule has 2 amide bonds. The number of pyridine rings is 1. The van der Waals surface area contributed by atoms with Gasteiger partial charge < -0.3 is 20.5 Å². The first-order valence-electron chi connectivity index (χ1n) is 11.4. The van der Waals surface area contributed by atoms with Crippen LogP contribution in [0.1, 0.15) is 18.4 Å². The van der Waals surface area contributed by atoms with Gasteiger partial charge >= 0.3 is 6.18 Å². The van der Waals surface area contributed by atoms with Gasteiger partial charge in [0.05, 0.1) is 16.5 Å². The Hall–Kier alpha value is -3.74. The molecular weight excluding hydrogens is 555 g/mol. The Morgan fingerprint density at radius 2 is 1.95 bits per heavy atom. The zero-order chi connectivity index (χ0) is 26.1. The number of nitrogens with one attached hydrogen (secondary N) is 1. The molecule has 2 fully saturated rings. The van der Waals surface area contributed by atoms with Gasteiger partial charge in [0, 0.05) is 23.3 Å². The Morgan fingerprint density at radius 3 is 2.70 bits per heavy atom. The lowest BCUT2D eigenvalue weighted by Gasteiger charge is -2.27. The molecule has 4 heterocycles. The van der Waals surface area contributed by atoms with E-state index in [9.17, 15) is 22.8 Å². The van der Waals surface area contributed by atoms with Crippen molar-refractivity contribution in [3.63, 3.8) is 0 Å². The van der Waals surface area contributed by atoms with Crippen molar-refractivity contribution >= 4 is 61.2 Å². The van der Waals surface area contributed by atoms with Crippen molar-refractivity contribution in [3.8, 4) is 0 Å². The van der Waals surface area contributed by atoms with Crippen LogP contribution in [0.3, 0.4) is 0 Å². The summed E-state index contributed by atoms with van der Waals surface area (Å²) in [5.74, 6) is -0.363. The summed E-state index contributed by atoms with van der Waals surface area (Å²) < 4.78 is 42.3. The van der Waals surface area contributed by atoms with E-state index in [1.165, 1.54) is 17.0 Å². The third-order valence-corrected chi connectivity index (χ3v) is 7.41. The van der Waals surface area contributed by atoms with Crippen molar-refractivity contribution in [1.82, 2.24) is 24.4 Å². The SMILES string of the molecule is Nc1ncnc2c1c1cc(C(F)(F)F)ccc1n2CC(=O)N1[C@@H]2C[C@@H]2C[C@H]1C(=O)Nc1ccnc(Br)c1. The van der Waals surface area contributed by atoms with E-state index < -0.39 is 17.8 Å². The second kappa shape index (κ2) is 8.40. The Kier molecular flexibility index (Phi) is 5.37. The molecule has 0 bridgehead atoms. The Morgan fingerprint density at radius 1 is 1.14 bits per heavy atom. The number of alkyl halides is 3. The van der Waals surface area contributed by atoms with E-state index in [-0.39, 0.29) is 52.6 Å². The molecule has 1 saturated heterocycles. The summed E-state index contributed by atoms with van der Waals surface area (Å²) in [5, 5.41) is 3.30. The molecule has 9 nitrogen and oxygen atoms in total. The maximum Gasteiger partial charge on any atom is 0.416 e. The Balaban J connectivity index is 1.34. The third-order valence-electron chi connectivity index (χ3n) is 6.98. The van der Waals surface area contributed by atoms with E-state index in [0.717, 1.165) is 18.6 Å². The highest BCUT2D eigenvalue weighted by molar-refractivity contribution is 9.10. The van der Waals surface area contributed by atoms with Gasteiger partial charge in [0.25, 0.3) is 0 Å². The number of fused-ring (bicyclic) bond motifs is 4. The predicted molar refractivity (Wildman–Crippen MR) is 132 cm³/mol. The third kappa shape index (κ3) is 4.06. The Labute approximate surface area is 216 Å². The Bertz CT molecular complexity index is 1590. The fourth-order valence-corrected chi connectivity index (χ4v) is 5.61. The molecule has 1 aliphatic heterocycles. The number of nitrogens with two attached hydrogens (primary N) is 1. The monoisotopic (exact) mass is 573 g/mol. The van der Waals surface area contributed by atoms with Gasteiger partial charge in [-0.25, -0.2) is 15.0 Å². The number of aromatic nitrogens is 4. The van der Waals surface area contributed by atoms with E-state index in [0.29, 0.717) is 22.2 Å². The van der Waals surface area contributed by atoms with Gasteiger partial charge in [-0.1, -0.05) is 0 Å². The number of halogens is 4. The molecule has 3 aromatic heterocycles. The highest BCUT2D eigenvalue weighted by atomic mass is 79.9. The average Bonchev–Trinajstić information content (AvgIpc) is 3.38. The van der Waals surface area contributed by atoms with Crippen molar-refractivity contribution in [3.05, 3.63) is 53.0 Å². The minimum absolute atomic E-state index is 0.0183. The van der Waals surface area contributed by atoms with Crippen LogP contribution in [0.4, 0.5) is 24.7 Å². The number of carbonyl (C=O) groups is 2. The summed E-state index contributed by atoms with van der Waals surface area (Å²) in [5.41, 5.74) is 6.36. The highest BCUT2D eigenvalue weighted by Crippen LogP contribution is 2.48. The van der Waals surface area contributed by atoms with Gasteiger partial charge in [0.1, 0.15) is 35.0 Å². The lowest BCUT2D eigenvalue weighted by atomic mass is 10.1. The van der Waals surface area contributed by atoms with Crippen LogP contribution >= 0.6 is 15.9 Å². The fourth-order valence-electron chi connectivity index (χ4n) is 5.25. The minimum atomic E-state index is -4.55. The minimum Gasteiger partial charge on any atom is -0.383 e. The second-order valence-electron chi connectivity index (χ2n) is 9.25. The standard InChI is InChI=1S/C24H19BrF3N7O2/c25-18-8-13(3-4-30-18)33-23(37)17-6-11-5-16(11)35(17)19(36)9-34-15-2-1-12(24(26,27)28)7-14(15)20-21(29)31-10-32-22(20)34/h1-4,7-8,10-11,16-17H,5-6,9H2,(H2,29,31,32)(H,30,33,37)/t11-,16-,17+/m1/s1. The van der Waals surface area contributed by atoms with Crippen LogP contribution in [0, 0.1) is 5.92 Å². The number of likely N-dealkylation sites (tertiary alicyclic amines) is 1. The van der Waals surface area contributed by atoms with Gasteiger partial charge in [-0.05, 0) is 65.0 Å². The zero-order valence-electron chi connectivity index (χ0n) is 19.0. The molecule has 0 unspecified atom stereocenters. The molecule has 2 aliphatic rings. The average molecular weight is 574 g/mol. The summed E-state index contributed by atoms with van der Waals surface area (Å²) in [4.78, 5) is 40.5. The van der Waals surface area contributed by atoms with Crippen molar-refractivity contribution in [1.29, 1.82) is 0 Å². The maximum atomic E-state index is 13.6. The number of piperidine rings is 1. The van der Waals surface area contributed by atoms with Gasteiger partial charge in [-0.3, -0.25) is 9.59 Å². The summed E-state index contributed by atoms with van der Waals surface area (Å²) in [6.45, 7) is -0.213. The molecule has 3 N–H and O–H groups in total. The second-order valence-corrected chi connectivity index (χ2v) is 10.1. The molecule has 0 spiro atoms. The molecule has 190 valence electrons. The van der Waals surface area contributed by atoms with Crippen LogP contribution in [-0.2, 0) is 22.3 Å². The van der Waals surface area contributed by atoms with Crippen LogP contribution in [-0.4, -0.2) is 48.3 Å². The van der Waals surface area contributed by atoms with Crippen LogP contribution in [0.15, 0.2) is 47.5 Å². The zero-order valence-corrected chi connectivity index (χ0v) is 20.6. The van der Waals surface area contributed by atoms with Crippen molar-refractivity contribution < 1.29 is 22.8 Å². The van der Waals surface area contributed by atoms with Crippen molar-refractivity contribution in [2.24, 2.45) is 5.92 Å². The molecule has 37 heavy (non-hydrogen) atoms. The van der Waals surface area contributed by atoms with Crippen LogP contribution in [0.2, 0.25) is 0 Å². The van der Waals surface area contributed by atoms with E-state index in [1.807, 2.05) is 0 Å². The van der Waals surface area contributed by atoms with Gasteiger partial charge in [0.2, 0.25) is 11.8 Å². The molecule has 1 aromatic carbocycles. The quantitative estimate of drug-likeness (QED) is 0.356. The van der Waals surface area contributed by atoms with Crippen LogP contribution in [0.25, 0.3) is 21.9 Å². The number of hydrogen-bond acceptors (Lipinski definition) is 6. The first-order chi connectivity index (χ1) is 17.6. The molecule has 1 saturated carbocycles. The number of anilines is 2. The first kappa shape index (κ1) is 23.6. The predicted octanol–water partition coefficient (Wildman–Crippen LogP) is 3.97. The topological polar surface area (TPSA) is 119 Å². The van der Waals surface area contributed by atoms with Crippen LogP contribution < -0.4 is 11.1 Å². The smallest absolute Gasteiger partial charge is 0.383 e. The summed E-state index contributed by atoms with van der Waals surface area (Å²) in [7, 11) is 0. The van der Waals surface area contributed by atoms with Gasteiger partial charge in [-0.15, -0.1) is 0 Å². The van der Waals surface area contributed by atoms with Crippen molar-refractivity contribution in [2.75, 3.05) is 11.1 Å². The fraction of sp³-hybridized carbons (Fsp3) is 0.292. The number of rotatable bonds is 4. The number of hydrogen-bond donors (Lipinski definition) is 2. The van der Waals surface area contributed by atoms with Gasteiger partial charge in [-0.2, -0.15) is 13.2 Å². The van der Waals surface area contributed by atoms with E-state index in [2.05, 4.69) is 36.2 Å². The summed E-state index contributed by atoms with van der Waals surface area (Å²) >= 11 is 3.27. The normalized spacial score (nSPS) is 20.9. The molecule has 6 rings (SSSR count).